The smallest absolute Gasteiger partial charge is 0.310 e. The average Bonchev–Trinajstić information content (AvgIpc) is 2.30. The number of esters is 1. The zero-order valence-electron chi connectivity index (χ0n) is 9.30. The highest BCUT2D eigenvalue weighted by Crippen LogP contribution is 2.26. The second-order valence-electron chi connectivity index (χ2n) is 3.30. The molecular weight excluding hydrogens is 350 g/mol. The molecule has 1 aromatic carbocycles. The monoisotopic (exact) mass is 359 g/mol. The van der Waals surface area contributed by atoms with Crippen molar-refractivity contribution in [2.24, 2.45) is 0 Å². The predicted molar refractivity (Wildman–Crippen MR) is 71.8 cm³/mol. The van der Waals surface area contributed by atoms with E-state index in [4.69, 9.17) is 10.00 Å². The van der Waals surface area contributed by atoms with Gasteiger partial charge in [-0.25, -0.2) is 0 Å². The Morgan fingerprint density at radius 3 is 2.65 bits per heavy atom. The Hall–Kier alpha value is -0.860. The molecule has 3 nitrogen and oxygen atoms in total. The van der Waals surface area contributed by atoms with Crippen LogP contribution in [-0.2, 0) is 21.3 Å². The van der Waals surface area contributed by atoms with E-state index in [0.29, 0.717) is 23.1 Å². The normalized spacial score (nSPS) is 9.76. The first-order chi connectivity index (χ1) is 8.13. The number of nitriles is 1. The molecule has 0 fully saturated rings. The Morgan fingerprint density at radius 2 is 2.12 bits per heavy atom. The van der Waals surface area contributed by atoms with Gasteiger partial charge in [0.2, 0.25) is 0 Å². The van der Waals surface area contributed by atoms with Gasteiger partial charge in [0.1, 0.15) is 6.07 Å². The Kier molecular flexibility index (Phi) is 5.66. The van der Waals surface area contributed by atoms with Crippen molar-refractivity contribution in [1.82, 2.24) is 0 Å². The number of alkyl halides is 1. The first kappa shape index (κ1) is 14.2. The average molecular weight is 361 g/mol. The largest absolute Gasteiger partial charge is 0.466 e. The maximum Gasteiger partial charge on any atom is 0.310 e. The van der Waals surface area contributed by atoms with Gasteiger partial charge in [-0.2, -0.15) is 5.26 Å². The van der Waals surface area contributed by atoms with Crippen LogP contribution in [0.3, 0.4) is 0 Å². The molecule has 0 unspecified atom stereocenters. The highest BCUT2D eigenvalue weighted by atomic mass is 79.9. The number of hydrogen-bond acceptors (Lipinski definition) is 3. The molecule has 5 heteroatoms. The van der Waals surface area contributed by atoms with Gasteiger partial charge < -0.3 is 4.74 Å². The zero-order chi connectivity index (χ0) is 12.8. The topological polar surface area (TPSA) is 50.1 Å². The molecule has 0 spiro atoms. The number of ether oxygens (including phenoxy) is 1. The SMILES string of the molecule is CCOC(=O)Cc1ccc(CBr)c(Br)c1C#N. The molecule has 0 bridgehead atoms. The van der Waals surface area contributed by atoms with E-state index < -0.39 is 0 Å². The van der Waals surface area contributed by atoms with E-state index in [9.17, 15) is 4.79 Å². The lowest BCUT2D eigenvalue weighted by molar-refractivity contribution is -0.142. The van der Waals surface area contributed by atoms with Gasteiger partial charge in [-0.05, 0) is 34.0 Å². The number of rotatable bonds is 4. The summed E-state index contributed by atoms with van der Waals surface area (Å²) in [6.45, 7) is 2.11. The van der Waals surface area contributed by atoms with E-state index in [1.165, 1.54) is 0 Å². The molecule has 0 aliphatic rings. The van der Waals surface area contributed by atoms with Gasteiger partial charge in [-0.3, -0.25) is 4.79 Å². The van der Waals surface area contributed by atoms with Crippen LogP contribution < -0.4 is 0 Å². The van der Waals surface area contributed by atoms with E-state index in [-0.39, 0.29) is 12.4 Å². The number of hydrogen-bond donors (Lipinski definition) is 0. The number of carbonyl (C=O) groups is 1. The van der Waals surface area contributed by atoms with Gasteiger partial charge in [0.15, 0.2) is 0 Å². The molecule has 0 atom stereocenters. The quantitative estimate of drug-likeness (QED) is 0.611. The lowest BCUT2D eigenvalue weighted by Gasteiger charge is -2.08. The minimum Gasteiger partial charge on any atom is -0.466 e. The summed E-state index contributed by atoms with van der Waals surface area (Å²) in [5.74, 6) is -0.317. The highest BCUT2D eigenvalue weighted by Gasteiger charge is 2.13. The molecular formula is C12H11Br2NO2. The Labute approximate surface area is 117 Å². The van der Waals surface area contributed by atoms with Crippen LogP contribution in [0.2, 0.25) is 0 Å². The van der Waals surface area contributed by atoms with E-state index >= 15 is 0 Å². The van der Waals surface area contributed by atoms with Crippen molar-refractivity contribution in [2.75, 3.05) is 6.61 Å². The van der Waals surface area contributed by atoms with Crippen molar-refractivity contribution in [1.29, 1.82) is 5.26 Å². The summed E-state index contributed by atoms with van der Waals surface area (Å²) in [4.78, 5) is 11.4. The molecule has 0 heterocycles. The third kappa shape index (κ3) is 3.55. The summed E-state index contributed by atoms with van der Waals surface area (Å²) >= 11 is 6.72. The highest BCUT2D eigenvalue weighted by molar-refractivity contribution is 9.10. The molecule has 0 radical (unpaired) electrons. The van der Waals surface area contributed by atoms with Crippen LogP contribution in [0.1, 0.15) is 23.6 Å². The molecule has 0 aliphatic heterocycles. The third-order valence-electron chi connectivity index (χ3n) is 2.20. The van der Waals surface area contributed by atoms with E-state index in [0.717, 1.165) is 10.0 Å². The summed E-state index contributed by atoms with van der Waals surface area (Å²) in [5.41, 5.74) is 2.16. The van der Waals surface area contributed by atoms with Crippen molar-refractivity contribution in [3.05, 3.63) is 33.3 Å². The fourth-order valence-electron chi connectivity index (χ4n) is 1.40. The maximum atomic E-state index is 11.4. The van der Waals surface area contributed by atoms with Crippen LogP contribution in [0, 0.1) is 11.3 Å². The lowest BCUT2D eigenvalue weighted by atomic mass is 10.0. The Balaban J connectivity index is 3.06. The first-order valence-electron chi connectivity index (χ1n) is 5.06. The van der Waals surface area contributed by atoms with Gasteiger partial charge in [0, 0.05) is 9.80 Å². The van der Waals surface area contributed by atoms with Gasteiger partial charge in [-0.1, -0.05) is 28.1 Å². The summed E-state index contributed by atoms with van der Waals surface area (Å²) in [7, 11) is 0. The summed E-state index contributed by atoms with van der Waals surface area (Å²) in [5, 5.41) is 9.77. The number of carbonyl (C=O) groups excluding carboxylic acids is 1. The molecule has 1 aromatic rings. The lowest BCUT2D eigenvalue weighted by Crippen LogP contribution is -2.09. The number of benzene rings is 1. The van der Waals surface area contributed by atoms with E-state index in [1.807, 2.05) is 6.07 Å². The molecule has 0 aliphatic carbocycles. The predicted octanol–water partition coefficient (Wildman–Crippen LogP) is 3.32. The minimum absolute atomic E-state index is 0.123. The standard InChI is InChI=1S/C12H11Br2NO2/c1-2-17-11(16)5-8-3-4-9(6-13)12(14)10(8)7-15/h3-4H,2,5-6H2,1H3. The fraction of sp³-hybridized carbons (Fsp3) is 0.333. The van der Waals surface area contributed by atoms with Gasteiger partial charge in [0.25, 0.3) is 0 Å². The third-order valence-corrected chi connectivity index (χ3v) is 3.71. The van der Waals surface area contributed by atoms with Crippen LogP contribution in [0.4, 0.5) is 0 Å². The molecule has 0 aromatic heterocycles. The van der Waals surface area contributed by atoms with Gasteiger partial charge >= 0.3 is 5.97 Å². The maximum absolute atomic E-state index is 11.4. The molecule has 1 rings (SSSR count). The molecule has 17 heavy (non-hydrogen) atoms. The molecule has 0 saturated heterocycles. The van der Waals surface area contributed by atoms with Crippen LogP contribution >= 0.6 is 31.9 Å². The van der Waals surface area contributed by atoms with E-state index in [1.54, 1.807) is 13.0 Å². The molecule has 90 valence electrons. The van der Waals surface area contributed by atoms with Crippen molar-refractivity contribution in [2.45, 2.75) is 18.7 Å². The van der Waals surface area contributed by atoms with E-state index in [2.05, 4.69) is 37.9 Å². The van der Waals surface area contributed by atoms with Crippen molar-refractivity contribution in [3.8, 4) is 6.07 Å². The summed E-state index contributed by atoms with van der Waals surface area (Å²) in [6.07, 6.45) is 0.123. The first-order valence-corrected chi connectivity index (χ1v) is 6.97. The van der Waals surface area contributed by atoms with Crippen LogP contribution in [-0.4, -0.2) is 12.6 Å². The van der Waals surface area contributed by atoms with Crippen LogP contribution in [0.5, 0.6) is 0 Å². The van der Waals surface area contributed by atoms with Gasteiger partial charge in [0.05, 0.1) is 18.6 Å². The van der Waals surface area contributed by atoms with Crippen LogP contribution in [0.25, 0.3) is 0 Å². The number of halogens is 2. The minimum atomic E-state index is -0.317. The van der Waals surface area contributed by atoms with Gasteiger partial charge in [-0.15, -0.1) is 0 Å². The zero-order valence-corrected chi connectivity index (χ0v) is 12.5. The Bertz CT molecular complexity index is 466. The van der Waals surface area contributed by atoms with Crippen molar-refractivity contribution >= 4 is 37.8 Å². The van der Waals surface area contributed by atoms with Crippen LogP contribution in [0.15, 0.2) is 16.6 Å². The fourth-order valence-corrected chi connectivity index (χ4v) is 2.86. The molecule has 0 amide bonds. The second kappa shape index (κ2) is 6.77. The molecule has 0 saturated carbocycles. The summed E-state index contributed by atoms with van der Waals surface area (Å²) in [6, 6.07) is 5.78. The van der Waals surface area contributed by atoms with Crippen molar-refractivity contribution < 1.29 is 9.53 Å². The Morgan fingerprint density at radius 1 is 1.47 bits per heavy atom. The second-order valence-corrected chi connectivity index (χ2v) is 4.65. The molecule has 0 N–H and O–H groups in total. The summed E-state index contributed by atoms with van der Waals surface area (Å²) < 4.78 is 5.60. The number of nitrogens with zero attached hydrogens (tertiary/aromatic N) is 1. The van der Waals surface area contributed by atoms with Crippen molar-refractivity contribution in [3.63, 3.8) is 0 Å².